The van der Waals surface area contributed by atoms with Crippen molar-refractivity contribution in [1.82, 2.24) is 9.88 Å². The third kappa shape index (κ3) is 2.70. The van der Waals surface area contributed by atoms with Gasteiger partial charge in [0, 0.05) is 23.6 Å². The van der Waals surface area contributed by atoms with Crippen molar-refractivity contribution >= 4 is 16.8 Å². The summed E-state index contributed by atoms with van der Waals surface area (Å²) < 4.78 is 0. The molecule has 1 amide bonds. The van der Waals surface area contributed by atoms with Gasteiger partial charge in [0.2, 0.25) is 5.91 Å². The number of carbonyl (C=O) groups excluding carboxylic acids is 1. The molecule has 1 aromatic heterocycles. The first-order chi connectivity index (χ1) is 9.78. The number of H-pyrrole nitrogens is 1. The number of para-hydroxylation sites is 1. The van der Waals surface area contributed by atoms with Crippen LogP contribution in [0.5, 0.6) is 0 Å². The molecule has 1 fully saturated rings. The highest BCUT2D eigenvalue weighted by molar-refractivity contribution is 5.89. The number of nitrogens with zero attached hydrogens (tertiary/aromatic N) is 1. The van der Waals surface area contributed by atoms with E-state index in [1.54, 1.807) is 0 Å². The van der Waals surface area contributed by atoms with Crippen LogP contribution < -0.4 is 0 Å². The van der Waals surface area contributed by atoms with Crippen molar-refractivity contribution in [3.63, 3.8) is 0 Å². The highest BCUT2D eigenvalue weighted by Gasteiger charge is 2.26. The number of amides is 1. The minimum atomic E-state index is 0.125. The van der Waals surface area contributed by atoms with Crippen molar-refractivity contribution in [2.24, 2.45) is 5.92 Å². The summed E-state index contributed by atoms with van der Waals surface area (Å²) in [7, 11) is 0. The minimum absolute atomic E-state index is 0.125. The van der Waals surface area contributed by atoms with Crippen LogP contribution in [0.25, 0.3) is 10.9 Å². The van der Waals surface area contributed by atoms with Gasteiger partial charge in [-0.15, -0.1) is 6.42 Å². The number of aromatic nitrogens is 1. The Balaban J connectivity index is 1.75. The molecule has 20 heavy (non-hydrogen) atoms. The molecule has 1 aliphatic rings. The van der Waals surface area contributed by atoms with Gasteiger partial charge in [-0.1, -0.05) is 24.1 Å². The van der Waals surface area contributed by atoms with Crippen LogP contribution in [0.2, 0.25) is 0 Å². The fourth-order valence-corrected chi connectivity index (χ4v) is 2.53. The van der Waals surface area contributed by atoms with Crippen molar-refractivity contribution in [2.75, 3.05) is 13.1 Å². The molecule has 3 rings (SSSR count). The van der Waals surface area contributed by atoms with Gasteiger partial charge >= 0.3 is 0 Å². The first-order valence-electron chi connectivity index (χ1n) is 7.04. The van der Waals surface area contributed by atoms with E-state index in [2.05, 4.69) is 10.9 Å². The molecule has 0 unspecified atom stereocenters. The molecule has 0 bridgehead atoms. The topological polar surface area (TPSA) is 36.1 Å². The van der Waals surface area contributed by atoms with Crippen LogP contribution >= 0.6 is 0 Å². The van der Waals surface area contributed by atoms with E-state index < -0.39 is 0 Å². The molecule has 2 aromatic rings. The van der Waals surface area contributed by atoms with E-state index >= 15 is 0 Å². The number of hydrogen-bond donors (Lipinski definition) is 1. The van der Waals surface area contributed by atoms with Gasteiger partial charge < -0.3 is 9.88 Å². The Labute approximate surface area is 119 Å². The average Bonchev–Trinajstić information content (AvgIpc) is 3.19. The van der Waals surface area contributed by atoms with Gasteiger partial charge in [-0.25, -0.2) is 0 Å². The Morgan fingerprint density at radius 1 is 1.40 bits per heavy atom. The molecule has 1 N–H and O–H groups in total. The van der Waals surface area contributed by atoms with E-state index in [0.717, 1.165) is 23.0 Å². The lowest BCUT2D eigenvalue weighted by Gasteiger charge is -2.19. The van der Waals surface area contributed by atoms with Gasteiger partial charge in [0.1, 0.15) is 0 Å². The number of benzene rings is 1. The summed E-state index contributed by atoms with van der Waals surface area (Å²) in [4.78, 5) is 17.4. The molecule has 3 heteroatoms. The largest absolute Gasteiger partial charge is 0.361 e. The third-order valence-corrected chi connectivity index (χ3v) is 3.83. The van der Waals surface area contributed by atoms with Crippen LogP contribution in [-0.4, -0.2) is 28.9 Å². The molecule has 0 saturated heterocycles. The molecule has 1 saturated carbocycles. The highest BCUT2D eigenvalue weighted by atomic mass is 16.2. The summed E-state index contributed by atoms with van der Waals surface area (Å²) >= 11 is 0. The van der Waals surface area contributed by atoms with Gasteiger partial charge in [0.05, 0.1) is 13.0 Å². The Morgan fingerprint density at radius 3 is 2.95 bits per heavy atom. The summed E-state index contributed by atoms with van der Waals surface area (Å²) in [5.74, 6) is 3.38. The number of fused-ring (bicyclic) bond motifs is 1. The standard InChI is InChI=1S/C17H18N2O/c1-2-9-19(12-13-7-8-13)17(20)10-14-11-18-16-6-4-3-5-15(14)16/h1,3-6,11,13,18H,7-10,12H2. The quantitative estimate of drug-likeness (QED) is 0.830. The zero-order valence-corrected chi connectivity index (χ0v) is 11.4. The van der Waals surface area contributed by atoms with Crippen LogP contribution in [-0.2, 0) is 11.2 Å². The maximum absolute atomic E-state index is 12.4. The monoisotopic (exact) mass is 266 g/mol. The number of aromatic amines is 1. The van der Waals surface area contributed by atoms with Gasteiger partial charge in [-0.05, 0) is 30.4 Å². The highest BCUT2D eigenvalue weighted by Crippen LogP contribution is 2.30. The Hall–Kier alpha value is -2.21. The molecule has 0 spiro atoms. The van der Waals surface area contributed by atoms with Crippen molar-refractivity contribution in [3.05, 3.63) is 36.0 Å². The van der Waals surface area contributed by atoms with Crippen LogP contribution in [0.3, 0.4) is 0 Å². The first kappa shape index (κ1) is 12.8. The molecule has 3 nitrogen and oxygen atoms in total. The second-order valence-electron chi connectivity index (χ2n) is 5.46. The van der Waals surface area contributed by atoms with Gasteiger partial charge in [0.25, 0.3) is 0 Å². The van der Waals surface area contributed by atoms with Crippen LogP contribution in [0.15, 0.2) is 30.5 Å². The summed E-state index contributed by atoms with van der Waals surface area (Å²) in [5, 5.41) is 1.12. The van der Waals surface area contributed by atoms with Crippen LogP contribution in [0.4, 0.5) is 0 Å². The summed E-state index contributed by atoms with van der Waals surface area (Å²) in [6, 6.07) is 8.04. The number of carbonyl (C=O) groups is 1. The fourth-order valence-electron chi connectivity index (χ4n) is 2.53. The third-order valence-electron chi connectivity index (χ3n) is 3.83. The molecule has 1 aromatic carbocycles. The Kier molecular flexibility index (Phi) is 3.47. The lowest BCUT2D eigenvalue weighted by molar-refractivity contribution is -0.130. The number of hydrogen-bond acceptors (Lipinski definition) is 1. The normalized spacial score (nSPS) is 14.2. The molecule has 1 heterocycles. The van der Waals surface area contributed by atoms with Gasteiger partial charge in [-0.3, -0.25) is 4.79 Å². The lowest BCUT2D eigenvalue weighted by Crippen LogP contribution is -2.34. The van der Waals surface area contributed by atoms with E-state index in [1.807, 2.05) is 35.4 Å². The first-order valence-corrected chi connectivity index (χ1v) is 7.04. The van der Waals surface area contributed by atoms with Crippen molar-refractivity contribution < 1.29 is 4.79 Å². The predicted octanol–water partition coefficient (Wildman–Crippen LogP) is 2.58. The second-order valence-corrected chi connectivity index (χ2v) is 5.46. The zero-order valence-electron chi connectivity index (χ0n) is 11.4. The number of nitrogens with one attached hydrogen (secondary N) is 1. The number of terminal acetylenes is 1. The van der Waals surface area contributed by atoms with Crippen LogP contribution in [0, 0.1) is 18.3 Å². The van der Waals surface area contributed by atoms with Crippen molar-refractivity contribution in [1.29, 1.82) is 0 Å². The molecular formula is C17H18N2O. The Morgan fingerprint density at radius 2 is 2.20 bits per heavy atom. The molecule has 0 radical (unpaired) electrons. The van der Waals surface area contributed by atoms with Gasteiger partial charge in [-0.2, -0.15) is 0 Å². The van der Waals surface area contributed by atoms with Crippen molar-refractivity contribution in [2.45, 2.75) is 19.3 Å². The second kappa shape index (κ2) is 5.42. The maximum atomic E-state index is 12.4. The predicted molar refractivity (Wildman–Crippen MR) is 80.1 cm³/mol. The molecule has 0 atom stereocenters. The zero-order chi connectivity index (χ0) is 13.9. The van der Waals surface area contributed by atoms with Crippen LogP contribution in [0.1, 0.15) is 18.4 Å². The van der Waals surface area contributed by atoms with E-state index in [1.165, 1.54) is 12.8 Å². The van der Waals surface area contributed by atoms with Gasteiger partial charge in [0.15, 0.2) is 0 Å². The summed E-state index contributed by atoms with van der Waals surface area (Å²) in [6.45, 7) is 1.23. The molecule has 102 valence electrons. The van der Waals surface area contributed by atoms with E-state index in [9.17, 15) is 4.79 Å². The van der Waals surface area contributed by atoms with E-state index in [4.69, 9.17) is 6.42 Å². The summed E-state index contributed by atoms with van der Waals surface area (Å²) in [5.41, 5.74) is 2.12. The minimum Gasteiger partial charge on any atom is -0.361 e. The average molecular weight is 266 g/mol. The Bertz CT molecular complexity index is 661. The maximum Gasteiger partial charge on any atom is 0.227 e. The smallest absolute Gasteiger partial charge is 0.227 e. The SMILES string of the molecule is C#CCN(CC1CC1)C(=O)Cc1c[nH]c2ccccc12. The molecule has 1 aliphatic carbocycles. The lowest BCUT2D eigenvalue weighted by atomic mass is 10.1. The number of rotatable bonds is 5. The fraction of sp³-hybridized carbons (Fsp3) is 0.353. The van der Waals surface area contributed by atoms with Crippen molar-refractivity contribution in [3.8, 4) is 12.3 Å². The summed E-state index contributed by atoms with van der Waals surface area (Å²) in [6.07, 6.45) is 10.2. The van der Waals surface area contributed by atoms with E-state index in [0.29, 0.717) is 18.9 Å². The molecule has 0 aliphatic heterocycles. The van der Waals surface area contributed by atoms with E-state index in [-0.39, 0.29) is 5.91 Å². The molecular weight excluding hydrogens is 248 g/mol.